The smallest absolute Gasteiger partial charge is 0.202 e. The second kappa shape index (κ2) is 3.43. The zero-order valence-corrected chi connectivity index (χ0v) is 10.5. The van der Waals surface area contributed by atoms with Crippen LogP contribution in [0.3, 0.4) is 0 Å². The monoisotopic (exact) mass is 256 g/mol. The van der Waals surface area contributed by atoms with Gasteiger partial charge in [-0.2, -0.15) is 0 Å². The van der Waals surface area contributed by atoms with E-state index in [4.69, 9.17) is 0 Å². The second-order valence-electron chi connectivity index (χ2n) is 4.55. The molecule has 18 heavy (non-hydrogen) atoms. The Morgan fingerprint density at radius 2 is 2.11 bits per heavy atom. The van der Waals surface area contributed by atoms with E-state index in [1.165, 1.54) is 0 Å². The molecular formula is C14H12N2OS. The standard InChI is InChI=1S/C14H12N2OS/c17-14(12-6-3-9-18-12)11-5-2-1-4-10(11)13-15-7-8-16(13)14/h1-6,9,17H,7-8H2. The Bertz CT molecular complexity index is 635. The summed E-state index contributed by atoms with van der Waals surface area (Å²) in [5, 5.41) is 13.2. The van der Waals surface area contributed by atoms with Gasteiger partial charge in [0.25, 0.3) is 0 Å². The second-order valence-corrected chi connectivity index (χ2v) is 5.50. The van der Waals surface area contributed by atoms with Crippen LogP contribution in [0.1, 0.15) is 16.0 Å². The van der Waals surface area contributed by atoms with Crippen molar-refractivity contribution in [1.29, 1.82) is 0 Å². The Morgan fingerprint density at radius 3 is 2.94 bits per heavy atom. The van der Waals surface area contributed by atoms with Gasteiger partial charge in [0, 0.05) is 17.7 Å². The van der Waals surface area contributed by atoms with Crippen molar-refractivity contribution < 1.29 is 5.11 Å². The highest BCUT2D eigenvalue weighted by atomic mass is 32.1. The Labute approximate surface area is 109 Å². The fraction of sp³-hybridized carbons (Fsp3) is 0.214. The molecule has 1 aromatic carbocycles. The van der Waals surface area contributed by atoms with Gasteiger partial charge in [-0.25, -0.2) is 0 Å². The maximum absolute atomic E-state index is 11.2. The van der Waals surface area contributed by atoms with Crippen LogP contribution in [0.2, 0.25) is 0 Å². The number of hydrogen-bond donors (Lipinski definition) is 1. The SMILES string of the molecule is OC1(c2cccs2)c2ccccc2C2=NCCN21. The highest BCUT2D eigenvalue weighted by molar-refractivity contribution is 7.10. The Kier molecular flexibility index (Phi) is 1.96. The molecule has 2 aromatic rings. The van der Waals surface area contributed by atoms with Crippen molar-refractivity contribution in [2.75, 3.05) is 13.1 Å². The first kappa shape index (κ1) is 10.3. The van der Waals surface area contributed by atoms with Crippen LogP contribution in [0, 0.1) is 0 Å². The van der Waals surface area contributed by atoms with E-state index in [1.54, 1.807) is 11.3 Å². The number of rotatable bonds is 1. The third kappa shape index (κ3) is 1.09. The summed E-state index contributed by atoms with van der Waals surface area (Å²) in [6.07, 6.45) is 0. The van der Waals surface area contributed by atoms with Gasteiger partial charge in [0.1, 0.15) is 5.84 Å². The summed E-state index contributed by atoms with van der Waals surface area (Å²) in [5.74, 6) is 0.932. The lowest BCUT2D eigenvalue weighted by Crippen LogP contribution is -2.43. The van der Waals surface area contributed by atoms with E-state index in [0.29, 0.717) is 0 Å². The van der Waals surface area contributed by atoms with E-state index in [0.717, 1.165) is 34.9 Å². The van der Waals surface area contributed by atoms with Crippen LogP contribution in [0.25, 0.3) is 0 Å². The van der Waals surface area contributed by atoms with Gasteiger partial charge in [0.15, 0.2) is 0 Å². The lowest BCUT2D eigenvalue weighted by atomic mass is 9.99. The largest absolute Gasteiger partial charge is 0.362 e. The molecule has 0 saturated heterocycles. The van der Waals surface area contributed by atoms with Crippen molar-refractivity contribution in [3.8, 4) is 0 Å². The van der Waals surface area contributed by atoms with E-state index < -0.39 is 5.72 Å². The van der Waals surface area contributed by atoms with Gasteiger partial charge >= 0.3 is 0 Å². The zero-order chi connectivity index (χ0) is 12.2. The Hall–Kier alpha value is -1.65. The fourth-order valence-electron chi connectivity index (χ4n) is 2.86. The number of benzene rings is 1. The van der Waals surface area contributed by atoms with Crippen molar-refractivity contribution in [2.24, 2.45) is 4.99 Å². The molecule has 1 atom stereocenters. The van der Waals surface area contributed by atoms with E-state index in [9.17, 15) is 5.11 Å². The number of thiophene rings is 1. The maximum Gasteiger partial charge on any atom is 0.202 e. The van der Waals surface area contributed by atoms with Gasteiger partial charge in [-0.15, -0.1) is 11.3 Å². The van der Waals surface area contributed by atoms with Crippen molar-refractivity contribution in [2.45, 2.75) is 5.72 Å². The highest BCUT2D eigenvalue weighted by Gasteiger charge is 2.50. The molecule has 90 valence electrons. The van der Waals surface area contributed by atoms with Gasteiger partial charge in [-0.3, -0.25) is 4.99 Å². The molecule has 3 nitrogen and oxygen atoms in total. The minimum atomic E-state index is -1.03. The molecule has 0 saturated carbocycles. The van der Waals surface area contributed by atoms with Gasteiger partial charge in [0.05, 0.1) is 11.4 Å². The van der Waals surface area contributed by atoms with E-state index in [1.807, 2.05) is 46.7 Å². The number of amidine groups is 1. The molecule has 0 amide bonds. The van der Waals surface area contributed by atoms with Crippen LogP contribution in [-0.4, -0.2) is 28.9 Å². The first-order valence-corrected chi connectivity index (χ1v) is 6.88. The maximum atomic E-state index is 11.2. The molecule has 0 spiro atoms. The van der Waals surface area contributed by atoms with Crippen molar-refractivity contribution in [3.63, 3.8) is 0 Å². The summed E-state index contributed by atoms with van der Waals surface area (Å²) < 4.78 is 0. The fourth-order valence-corrected chi connectivity index (χ4v) is 3.71. The molecule has 3 heterocycles. The first-order chi connectivity index (χ1) is 8.82. The average molecular weight is 256 g/mol. The number of fused-ring (bicyclic) bond motifs is 3. The van der Waals surface area contributed by atoms with Crippen LogP contribution in [0.4, 0.5) is 0 Å². The molecule has 0 aliphatic carbocycles. The van der Waals surface area contributed by atoms with Crippen molar-refractivity contribution in [1.82, 2.24) is 4.90 Å². The highest BCUT2D eigenvalue weighted by Crippen LogP contribution is 2.45. The van der Waals surface area contributed by atoms with E-state index in [-0.39, 0.29) is 0 Å². The minimum absolute atomic E-state index is 0.761. The van der Waals surface area contributed by atoms with Gasteiger partial charge < -0.3 is 10.0 Å². The molecular weight excluding hydrogens is 244 g/mol. The zero-order valence-electron chi connectivity index (χ0n) is 9.71. The lowest BCUT2D eigenvalue weighted by Gasteiger charge is -2.32. The van der Waals surface area contributed by atoms with Gasteiger partial charge in [0.2, 0.25) is 5.72 Å². The van der Waals surface area contributed by atoms with Crippen LogP contribution < -0.4 is 0 Å². The number of hydrogen-bond acceptors (Lipinski definition) is 4. The summed E-state index contributed by atoms with van der Waals surface area (Å²) in [4.78, 5) is 7.51. The van der Waals surface area contributed by atoms with Gasteiger partial charge in [-0.1, -0.05) is 30.3 Å². The van der Waals surface area contributed by atoms with Gasteiger partial charge in [-0.05, 0) is 11.4 Å². The molecule has 1 aromatic heterocycles. The molecule has 4 heteroatoms. The third-order valence-corrected chi connectivity index (χ3v) is 4.61. The summed E-state index contributed by atoms with van der Waals surface area (Å²) in [7, 11) is 0. The molecule has 2 aliphatic rings. The summed E-state index contributed by atoms with van der Waals surface area (Å²) in [6.45, 7) is 1.54. The summed E-state index contributed by atoms with van der Waals surface area (Å²) in [6, 6.07) is 12.0. The molecule has 1 N–H and O–H groups in total. The quantitative estimate of drug-likeness (QED) is 0.847. The topological polar surface area (TPSA) is 35.8 Å². The number of aliphatic hydroxyl groups is 1. The average Bonchev–Trinajstić information content (AvgIpc) is 3.10. The normalized spacial score (nSPS) is 24.9. The van der Waals surface area contributed by atoms with Crippen LogP contribution >= 0.6 is 11.3 Å². The summed E-state index contributed by atoms with van der Waals surface area (Å²) >= 11 is 1.58. The minimum Gasteiger partial charge on any atom is -0.362 e. The Balaban J connectivity index is 2.02. The molecule has 4 rings (SSSR count). The molecule has 0 fully saturated rings. The van der Waals surface area contributed by atoms with E-state index in [2.05, 4.69) is 4.99 Å². The first-order valence-electron chi connectivity index (χ1n) is 6.00. The number of nitrogens with zero attached hydrogens (tertiary/aromatic N) is 2. The van der Waals surface area contributed by atoms with Crippen molar-refractivity contribution in [3.05, 3.63) is 57.8 Å². The van der Waals surface area contributed by atoms with Crippen LogP contribution in [-0.2, 0) is 5.72 Å². The number of aliphatic imine (C=N–C) groups is 1. The molecule has 0 radical (unpaired) electrons. The molecule has 2 aliphatic heterocycles. The summed E-state index contributed by atoms with van der Waals surface area (Å²) in [5.41, 5.74) is 0.983. The molecule has 0 bridgehead atoms. The van der Waals surface area contributed by atoms with E-state index >= 15 is 0 Å². The lowest BCUT2D eigenvalue weighted by molar-refractivity contribution is -0.0208. The van der Waals surface area contributed by atoms with Crippen LogP contribution in [0.15, 0.2) is 46.8 Å². The van der Waals surface area contributed by atoms with Crippen LogP contribution in [0.5, 0.6) is 0 Å². The molecule has 1 unspecified atom stereocenters. The van der Waals surface area contributed by atoms with Crippen molar-refractivity contribution >= 4 is 17.2 Å². The predicted octanol–water partition coefficient (Wildman–Crippen LogP) is 2.02. The Morgan fingerprint density at radius 1 is 1.22 bits per heavy atom. The predicted molar refractivity (Wildman–Crippen MR) is 71.9 cm³/mol. The third-order valence-electron chi connectivity index (χ3n) is 3.64.